The molecule has 2 unspecified atom stereocenters. The van der Waals surface area contributed by atoms with E-state index in [2.05, 4.69) is 20.8 Å². The zero-order valence-electron chi connectivity index (χ0n) is 28.7. The van der Waals surface area contributed by atoms with Gasteiger partial charge in [0.2, 0.25) is 0 Å². The standard InChI is InChI=1S/C33H68NO8P/c1-7-9-11-13-14-15-16-17-19-23-32(30(3)22-18-12-10-8-2)40-28-31(39-26-21-20-24-33(35)36)29-42-43(37,38)41-27-25-34(4,5)6/h30-32H,7-29H2,1-6H3,(H-,35,36,37,38)/p+1/t30?,31-,32-/m1/s1. The Balaban J connectivity index is 5.03. The second kappa shape index (κ2) is 26.7. The maximum atomic E-state index is 12.5. The molecule has 0 aliphatic rings. The van der Waals surface area contributed by atoms with Crippen LogP contribution < -0.4 is 0 Å². The number of unbranched alkanes of at least 4 members (excludes halogenated alkanes) is 12. The summed E-state index contributed by atoms with van der Waals surface area (Å²) in [6, 6.07) is 0. The Morgan fingerprint density at radius 2 is 1.28 bits per heavy atom. The lowest BCUT2D eigenvalue weighted by Gasteiger charge is -2.28. The molecule has 0 rings (SSSR count). The number of aliphatic carboxylic acids is 1. The van der Waals surface area contributed by atoms with Crippen molar-refractivity contribution in [2.24, 2.45) is 5.92 Å². The third kappa shape index (κ3) is 28.7. The minimum Gasteiger partial charge on any atom is -0.481 e. The van der Waals surface area contributed by atoms with Gasteiger partial charge in [-0.25, -0.2) is 4.57 Å². The summed E-state index contributed by atoms with van der Waals surface area (Å²) in [6.07, 6.45) is 19.3. The van der Waals surface area contributed by atoms with Crippen LogP contribution in [0.4, 0.5) is 0 Å². The molecule has 2 N–H and O–H groups in total. The van der Waals surface area contributed by atoms with Crippen LogP contribution in [0.2, 0.25) is 0 Å². The second-order valence-corrected chi connectivity index (χ2v) is 14.7. The zero-order chi connectivity index (χ0) is 32.4. The molecule has 0 amide bonds. The molecule has 4 atom stereocenters. The van der Waals surface area contributed by atoms with Gasteiger partial charge in [0.05, 0.1) is 40.5 Å². The van der Waals surface area contributed by atoms with E-state index in [1.54, 1.807) is 0 Å². The number of nitrogens with zero attached hydrogens (tertiary/aromatic N) is 1. The fourth-order valence-corrected chi connectivity index (χ4v) is 5.66. The summed E-state index contributed by atoms with van der Waals surface area (Å²) in [5.74, 6) is -0.423. The first-order valence-corrected chi connectivity index (χ1v) is 18.8. The van der Waals surface area contributed by atoms with Crippen molar-refractivity contribution < 1.29 is 42.4 Å². The van der Waals surface area contributed by atoms with Gasteiger partial charge in [-0.3, -0.25) is 13.8 Å². The summed E-state index contributed by atoms with van der Waals surface area (Å²) in [5, 5.41) is 8.91. The van der Waals surface area contributed by atoms with Gasteiger partial charge < -0.3 is 24.0 Å². The van der Waals surface area contributed by atoms with Gasteiger partial charge in [0.1, 0.15) is 19.3 Å². The average Bonchev–Trinajstić information content (AvgIpc) is 2.92. The number of rotatable bonds is 32. The average molecular weight is 639 g/mol. The molecule has 9 nitrogen and oxygen atoms in total. The molecule has 43 heavy (non-hydrogen) atoms. The molecular formula is C33H69NO8P+. The monoisotopic (exact) mass is 638 g/mol. The highest BCUT2D eigenvalue weighted by Gasteiger charge is 2.26. The van der Waals surface area contributed by atoms with Gasteiger partial charge in [0.25, 0.3) is 0 Å². The van der Waals surface area contributed by atoms with E-state index in [1.807, 2.05) is 21.1 Å². The van der Waals surface area contributed by atoms with Gasteiger partial charge in [0.15, 0.2) is 0 Å². The number of hydrogen-bond acceptors (Lipinski definition) is 6. The van der Waals surface area contributed by atoms with E-state index in [0.717, 1.165) is 19.3 Å². The van der Waals surface area contributed by atoms with Crippen LogP contribution in [0.3, 0.4) is 0 Å². The number of ether oxygens (including phenoxy) is 2. The van der Waals surface area contributed by atoms with Crippen molar-refractivity contribution >= 4 is 13.8 Å². The Morgan fingerprint density at radius 3 is 1.86 bits per heavy atom. The van der Waals surface area contributed by atoms with Crippen molar-refractivity contribution in [2.75, 3.05) is 54.1 Å². The van der Waals surface area contributed by atoms with E-state index >= 15 is 0 Å². The van der Waals surface area contributed by atoms with E-state index in [0.29, 0.717) is 36.4 Å². The predicted molar refractivity (Wildman–Crippen MR) is 175 cm³/mol. The molecule has 0 aromatic carbocycles. The summed E-state index contributed by atoms with van der Waals surface area (Å²) in [4.78, 5) is 21.1. The first kappa shape index (κ1) is 42.5. The summed E-state index contributed by atoms with van der Waals surface area (Å²) in [6.45, 7) is 7.86. The van der Waals surface area contributed by atoms with Crippen LogP contribution in [0, 0.1) is 5.92 Å². The molecule has 10 heteroatoms. The van der Waals surface area contributed by atoms with E-state index in [9.17, 15) is 14.3 Å². The van der Waals surface area contributed by atoms with Crippen LogP contribution >= 0.6 is 7.82 Å². The van der Waals surface area contributed by atoms with E-state index < -0.39 is 19.9 Å². The molecule has 258 valence electrons. The second-order valence-electron chi connectivity index (χ2n) is 13.3. The van der Waals surface area contributed by atoms with Crippen LogP contribution in [-0.4, -0.2) is 86.8 Å². The van der Waals surface area contributed by atoms with Crippen LogP contribution in [-0.2, 0) is 27.9 Å². The van der Waals surface area contributed by atoms with Gasteiger partial charge in [-0.05, 0) is 31.6 Å². The Kier molecular flexibility index (Phi) is 26.3. The maximum Gasteiger partial charge on any atom is 0.472 e. The van der Waals surface area contributed by atoms with Crippen LogP contribution in [0.1, 0.15) is 136 Å². The Labute approximate surface area is 264 Å². The molecule has 0 radical (unpaired) electrons. The smallest absolute Gasteiger partial charge is 0.472 e. The van der Waals surface area contributed by atoms with Crippen LogP contribution in [0.5, 0.6) is 0 Å². The van der Waals surface area contributed by atoms with E-state index in [1.165, 1.54) is 77.0 Å². The van der Waals surface area contributed by atoms with Crippen molar-refractivity contribution in [1.29, 1.82) is 0 Å². The lowest BCUT2D eigenvalue weighted by atomic mass is 9.93. The number of carbonyl (C=O) groups is 1. The Hall–Kier alpha value is -0.540. The number of hydrogen-bond donors (Lipinski definition) is 2. The quantitative estimate of drug-likeness (QED) is 0.0429. The molecule has 0 aromatic rings. The van der Waals surface area contributed by atoms with Crippen molar-refractivity contribution in [2.45, 2.75) is 149 Å². The van der Waals surface area contributed by atoms with Crippen molar-refractivity contribution in [3.8, 4) is 0 Å². The highest BCUT2D eigenvalue weighted by atomic mass is 31.2. The fourth-order valence-electron chi connectivity index (χ4n) is 4.92. The number of quaternary nitrogens is 1. The number of phosphoric ester groups is 1. The normalized spacial score (nSPS) is 15.7. The summed E-state index contributed by atoms with van der Waals surface area (Å²) in [5.41, 5.74) is 0. The maximum absolute atomic E-state index is 12.5. The molecule has 0 bridgehead atoms. The first-order chi connectivity index (χ1) is 20.4. The highest BCUT2D eigenvalue weighted by molar-refractivity contribution is 7.47. The molecule has 0 spiro atoms. The SMILES string of the molecule is CCCCCCCCCCC[C@@H](OC[C@H](COP(=O)(O)OCC[N+](C)(C)C)OCCCCC(=O)O)C(C)CCCCCC. The van der Waals surface area contributed by atoms with Crippen molar-refractivity contribution in [3.05, 3.63) is 0 Å². The lowest BCUT2D eigenvalue weighted by Crippen LogP contribution is -2.37. The highest BCUT2D eigenvalue weighted by Crippen LogP contribution is 2.43. The van der Waals surface area contributed by atoms with Gasteiger partial charge >= 0.3 is 13.8 Å². The predicted octanol–water partition coefficient (Wildman–Crippen LogP) is 8.38. The van der Waals surface area contributed by atoms with Gasteiger partial charge in [-0.2, -0.15) is 0 Å². The van der Waals surface area contributed by atoms with Gasteiger partial charge in [0, 0.05) is 13.0 Å². The largest absolute Gasteiger partial charge is 0.481 e. The number of phosphoric acid groups is 1. The summed E-state index contributed by atoms with van der Waals surface area (Å²) in [7, 11) is 1.70. The number of likely N-dealkylation sites (N-methyl/N-ethyl adjacent to an activating group) is 1. The lowest BCUT2D eigenvalue weighted by molar-refractivity contribution is -0.870. The van der Waals surface area contributed by atoms with Gasteiger partial charge in [-0.15, -0.1) is 0 Å². The molecular weight excluding hydrogens is 569 g/mol. The molecule has 0 aromatic heterocycles. The van der Waals surface area contributed by atoms with E-state index in [4.69, 9.17) is 23.6 Å². The van der Waals surface area contributed by atoms with Crippen LogP contribution in [0.25, 0.3) is 0 Å². The zero-order valence-corrected chi connectivity index (χ0v) is 29.6. The minimum absolute atomic E-state index is 0.0867. The molecule has 0 saturated carbocycles. The minimum atomic E-state index is -4.24. The first-order valence-electron chi connectivity index (χ1n) is 17.3. The van der Waals surface area contributed by atoms with Crippen molar-refractivity contribution in [3.63, 3.8) is 0 Å². The molecule has 0 aliphatic heterocycles. The number of carboxylic acids is 1. The Bertz CT molecular complexity index is 703. The van der Waals surface area contributed by atoms with E-state index in [-0.39, 0.29) is 32.3 Å². The Morgan fingerprint density at radius 1 is 0.721 bits per heavy atom. The summed E-state index contributed by atoms with van der Waals surface area (Å²) < 4.78 is 36.1. The molecule has 0 aliphatic carbocycles. The molecule has 0 fully saturated rings. The fraction of sp³-hybridized carbons (Fsp3) is 0.970. The summed E-state index contributed by atoms with van der Waals surface area (Å²) >= 11 is 0. The third-order valence-electron chi connectivity index (χ3n) is 7.81. The van der Waals surface area contributed by atoms with Gasteiger partial charge in [-0.1, -0.05) is 104 Å². The third-order valence-corrected chi connectivity index (χ3v) is 8.80. The topological polar surface area (TPSA) is 112 Å². The molecule has 0 heterocycles. The van der Waals surface area contributed by atoms with Crippen LogP contribution in [0.15, 0.2) is 0 Å². The number of carboxylic acid groups (broad SMARTS) is 1. The molecule has 0 saturated heterocycles. The van der Waals surface area contributed by atoms with Crippen molar-refractivity contribution in [1.82, 2.24) is 0 Å².